The number of hydrogen-bond donors (Lipinski definition) is 0. The summed E-state index contributed by atoms with van der Waals surface area (Å²) < 4.78 is 14.0. The van der Waals surface area contributed by atoms with Crippen LogP contribution in [0.1, 0.15) is 18.4 Å². The molecule has 1 aromatic carbocycles. The van der Waals surface area contributed by atoms with Gasteiger partial charge in [0.1, 0.15) is 5.82 Å². The Morgan fingerprint density at radius 2 is 2.13 bits per heavy atom. The number of rotatable bonds is 0. The number of carbonyl (C=O) groups is 1. The summed E-state index contributed by atoms with van der Waals surface area (Å²) in [6.07, 6.45) is 2.12. The van der Waals surface area contributed by atoms with E-state index in [0.29, 0.717) is 6.42 Å². The lowest BCUT2D eigenvalue weighted by molar-refractivity contribution is -0.118. The maximum absolute atomic E-state index is 13.2. The Morgan fingerprint density at radius 1 is 1.40 bits per heavy atom. The van der Waals surface area contributed by atoms with Crippen LogP contribution in [0.3, 0.4) is 0 Å². The monoisotopic (exact) mass is 319 g/mol. The SMILES string of the molecule is CN1C(=O)CCCc2cc(F)cc(I)c21. The van der Waals surface area contributed by atoms with Crippen LogP contribution < -0.4 is 4.90 Å². The van der Waals surface area contributed by atoms with Gasteiger partial charge in [-0.2, -0.15) is 0 Å². The highest BCUT2D eigenvalue weighted by Crippen LogP contribution is 2.31. The first-order chi connectivity index (χ1) is 7.09. The minimum Gasteiger partial charge on any atom is -0.314 e. The fraction of sp³-hybridized carbons (Fsp3) is 0.364. The maximum Gasteiger partial charge on any atom is 0.226 e. The lowest BCUT2D eigenvalue weighted by atomic mass is 10.1. The van der Waals surface area contributed by atoms with Gasteiger partial charge in [0.2, 0.25) is 5.91 Å². The maximum atomic E-state index is 13.2. The largest absolute Gasteiger partial charge is 0.314 e. The van der Waals surface area contributed by atoms with Crippen molar-refractivity contribution in [3.8, 4) is 0 Å². The minimum atomic E-state index is -0.221. The Bertz CT molecular complexity index is 419. The number of halogens is 2. The zero-order chi connectivity index (χ0) is 11.0. The molecule has 0 N–H and O–H groups in total. The van der Waals surface area contributed by atoms with Crippen molar-refractivity contribution in [1.29, 1.82) is 0 Å². The molecule has 1 amide bonds. The van der Waals surface area contributed by atoms with Crippen LogP contribution in [0.5, 0.6) is 0 Å². The zero-order valence-corrected chi connectivity index (χ0v) is 10.5. The van der Waals surface area contributed by atoms with E-state index < -0.39 is 0 Å². The van der Waals surface area contributed by atoms with Gasteiger partial charge in [-0.25, -0.2) is 4.39 Å². The van der Waals surface area contributed by atoms with E-state index in [2.05, 4.69) is 22.6 Å². The highest BCUT2D eigenvalue weighted by molar-refractivity contribution is 14.1. The van der Waals surface area contributed by atoms with Crippen LogP contribution in [0.4, 0.5) is 10.1 Å². The van der Waals surface area contributed by atoms with E-state index in [0.717, 1.165) is 27.7 Å². The molecule has 1 aromatic rings. The number of anilines is 1. The van der Waals surface area contributed by atoms with E-state index in [4.69, 9.17) is 0 Å². The predicted octanol–water partition coefficient (Wildman–Crippen LogP) is 2.73. The van der Waals surface area contributed by atoms with Crippen molar-refractivity contribution in [3.05, 3.63) is 27.1 Å². The van der Waals surface area contributed by atoms with E-state index in [1.54, 1.807) is 11.9 Å². The molecule has 0 spiro atoms. The van der Waals surface area contributed by atoms with Crippen molar-refractivity contribution < 1.29 is 9.18 Å². The second-order valence-electron chi connectivity index (χ2n) is 3.70. The number of aryl methyl sites for hydroxylation is 1. The summed E-state index contributed by atoms with van der Waals surface area (Å²) in [5.74, 6) is -0.112. The highest BCUT2D eigenvalue weighted by Gasteiger charge is 2.21. The summed E-state index contributed by atoms with van der Waals surface area (Å²) in [5.41, 5.74) is 1.81. The molecule has 0 radical (unpaired) electrons. The molecule has 2 rings (SSSR count). The number of hydrogen-bond acceptors (Lipinski definition) is 1. The molecule has 0 aliphatic carbocycles. The quantitative estimate of drug-likeness (QED) is 0.674. The molecule has 1 aliphatic rings. The van der Waals surface area contributed by atoms with Crippen molar-refractivity contribution in [2.75, 3.05) is 11.9 Å². The molecule has 0 aromatic heterocycles. The number of nitrogens with zero attached hydrogens (tertiary/aromatic N) is 1. The summed E-state index contributed by atoms with van der Waals surface area (Å²) in [4.78, 5) is 13.3. The smallest absolute Gasteiger partial charge is 0.226 e. The summed E-state index contributed by atoms with van der Waals surface area (Å²) >= 11 is 2.08. The molecule has 0 saturated carbocycles. The standard InChI is InChI=1S/C11H11FINO/c1-14-10(15)4-2-3-7-5-8(12)6-9(13)11(7)14/h5-6H,2-4H2,1H3. The number of benzene rings is 1. The van der Waals surface area contributed by atoms with Crippen molar-refractivity contribution in [2.45, 2.75) is 19.3 Å². The molecule has 0 atom stereocenters. The topological polar surface area (TPSA) is 20.3 Å². The molecule has 1 aliphatic heterocycles. The first-order valence-corrected chi connectivity index (χ1v) is 5.92. The second-order valence-corrected chi connectivity index (χ2v) is 4.86. The fourth-order valence-corrected chi connectivity index (χ4v) is 2.91. The van der Waals surface area contributed by atoms with Gasteiger partial charge in [0, 0.05) is 17.0 Å². The van der Waals surface area contributed by atoms with Crippen molar-refractivity contribution >= 4 is 34.2 Å². The first-order valence-electron chi connectivity index (χ1n) is 4.84. The number of fused-ring (bicyclic) bond motifs is 1. The van der Waals surface area contributed by atoms with Crippen LogP contribution in [0.2, 0.25) is 0 Å². The number of carbonyl (C=O) groups excluding carboxylic acids is 1. The van der Waals surface area contributed by atoms with Gasteiger partial charge in [0.05, 0.1) is 5.69 Å². The van der Waals surface area contributed by atoms with Gasteiger partial charge >= 0.3 is 0 Å². The highest BCUT2D eigenvalue weighted by atomic mass is 127. The van der Waals surface area contributed by atoms with Gasteiger partial charge in [-0.1, -0.05) is 0 Å². The lowest BCUT2D eigenvalue weighted by Crippen LogP contribution is -2.25. The molecule has 0 bridgehead atoms. The third kappa shape index (κ3) is 2.00. The Hall–Kier alpha value is -0.650. The average molecular weight is 319 g/mol. The molecule has 0 saturated heterocycles. The third-order valence-corrected chi connectivity index (χ3v) is 3.48. The van der Waals surface area contributed by atoms with Crippen LogP contribution >= 0.6 is 22.6 Å². The van der Waals surface area contributed by atoms with Crippen molar-refractivity contribution in [1.82, 2.24) is 0 Å². The molecule has 1 heterocycles. The van der Waals surface area contributed by atoms with Crippen molar-refractivity contribution in [3.63, 3.8) is 0 Å². The molecule has 80 valence electrons. The molecule has 4 heteroatoms. The van der Waals surface area contributed by atoms with Crippen LogP contribution in [0, 0.1) is 9.39 Å². The van der Waals surface area contributed by atoms with E-state index >= 15 is 0 Å². The summed E-state index contributed by atoms with van der Waals surface area (Å²) in [7, 11) is 1.76. The van der Waals surface area contributed by atoms with Gasteiger partial charge in [-0.3, -0.25) is 4.79 Å². The Kier molecular flexibility index (Phi) is 2.95. The van der Waals surface area contributed by atoms with Crippen LogP contribution in [0.15, 0.2) is 12.1 Å². The van der Waals surface area contributed by atoms with Gasteiger partial charge in [-0.05, 0) is 53.1 Å². The van der Waals surface area contributed by atoms with E-state index in [9.17, 15) is 9.18 Å². The van der Waals surface area contributed by atoms with Gasteiger partial charge in [0.15, 0.2) is 0 Å². The Balaban J connectivity index is 2.58. The van der Waals surface area contributed by atoms with E-state index in [1.807, 2.05) is 0 Å². The Morgan fingerprint density at radius 3 is 2.87 bits per heavy atom. The summed E-state index contributed by atoms with van der Waals surface area (Å²) in [5, 5.41) is 0. The van der Waals surface area contributed by atoms with Crippen LogP contribution in [-0.4, -0.2) is 13.0 Å². The third-order valence-electron chi connectivity index (χ3n) is 2.65. The zero-order valence-electron chi connectivity index (χ0n) is 8.39. The van der Waals surface area contributed by atoms with Gasteiger partial charge in [-0.15, -0.1) is 0 Å². The summed E-state index contributed by atoms with van der Waals surface area (Å²) in [6, 6.07) is 3.00. The normalized spacial score (nSPS) is 16.2. The molecule has 15 heavy (non-hydrogen) atoms. The van der Waals surface area contributed by atoms with Crippen LogP contribution in [-0.2, 0) is 11.2 Å². The molecule has 0 unspecified atom stereocenters. The average Bonchev–Trinajstić information content (AvgIpc) is 2.27. The molecule has 0 fully saturated rings. The summed E-state index contributed by atoms with van der Waals surface area (Å²) in [6.45, 7) is 0. The molecule has 2 nitrogen and oxygen atoms in total. The van der Waals surface area contributed by atoms with Gasteiger partial charge < -0.3 is 4.90 Å². The fourth-order valence-electron chi connectivity index (χ4n) is 1.91. The molecular formula is C11H11FINO. The van der Waals surface area contributed by atoms with Gasteiger partial charge in [0.25, 0.3) is 0 Å². The Labute approximate surface area is 102 Å². The van der Waals surface area contributed by atoms with Crippen molar-refractivity contribution in [2.24, 2.45) is 0 Å². The van der Waals surface area contributed by atoms with E-state index in [-0.39, 0.29) is 11.7 Å². The minimum absolute atomic E-state index is 0.110. The van der Waals surface area contributed by atoms with Crippen LogP contribution in [0.25, 0.3) is 0 Å². The molecular weight excluding hydrogens is 308 g/mol. The predicted molar refractivity (Wildman–Crippen MR) is 65.5 cm³/mol. The second kappa shape index (κ2) is 4.08. The first kappa shape index (κ1) is 10.9. The van der Waals surface area contributed by atoms with E-state index in [1.165, 1.54) is 12.1 Å². The lowest BCUT2D eigenvalue weighted by Gasteiger charge is -2.19. The number of amides is 1.